The van der Waals surface area contributed by atoms with E-state index in [2.05, 4.69) is 33.2 Å². The molecule has 0 aliphatic rings. The van der Waals surface area contributed by atoms with E-state index in [9.17, 15) is 0 Å². The second-order valence-corrected chi connectivity index (χ2v) is 4.47. The van der Waals surface area contributed by atoms with Crippen LogP contribution in [0, 0.1) is 0 Å². The molecule has 0 aromatic carbocycles. The van der Waals surface area contributed by atoms with Crippen molar-refractivity contribution in [1.29, 1.82) is 0 Å². The van der Waals surface area contributed by atoms with Crippen molar-refractivity contribution in [3.63, 3.8) is 0 Å². The minimum Gasteiger partial charge on any atom is -0.383 e. The predicted octanol–water partition coefficient (Wildman–Crippen LogP) is 3.33. The highest BCUT2D eigenvalue weighted by Gasteiger charge is 2.09. The summed E-state index contributed by atoms with van der Waals surface area (Å²) in [6.07, 6.45) is 2.64. The summed E-state index contributed by atoms with van der Waals surface area (Å²) >= 11 is 9.32. The number of nitrogens with zero attached hydrogens (tertiary/aromatic N) is 1. The van der Waals surface area contributed by atoms with Crippen molar-refractivity contribution >= 4 is 33.2 Å². The zero-order valence-corrected chi connectivity index (χ0v) is 11.1. The Morgan fingerprint density at radius 2 is 2.40 bits per heavy atom. The summed E-state index contributed by atoms with van der Waals surface area (Å²) in [4.78, 5) is 4.04. The van der Waals surface area contributed by atoms with E-state index in [1.165, 1.54) is 0 Å². The first kappa shape index (κ1) is 12.7. The molecule has 0 radical (unpaired) electrons. The minimum atomic E-state index is 0.253. The highest BCUT2D eigenvalue weighted by Crippen LogP contribution is 2.23. The standard InChI is InChI=1S/C10H14BrClN2O/c1-3-8(6-15-2)14-9-4-7(11)5-13-10(9)12/h4-5,8,14H,3,6H2,1-2H3. The predicted molar refractivity (Wildman–Crippen MR) is 66.5 cm³/mol. The molecule has 1 aromatic heterocycles. The molecule has 84 valence electrons. The van der Waals surface area contributed by atoms with Gasteiger partial charge in [0.1, 0.15) is 0 Å². The Hall–Kier alpha value is -0.320. The number of ether oxygens (including phenoxy) is 1. The van der Waals surface area contributed by atoms with Crippen LogP contribution in [0.2, 0.25) is 5.15 Å². The van der Waals surface area contributed by atoms with Crippen molar-refractivity contribution in [2.45, 2.75) is 19.4 Å². The molecule has 1 atom stereocenters. The summed E-state index contributed by atoms with van der Waals surface area (Å²) < 4.78 is 6.00. The fraction of sp³-hybridized carbons (Fsp3) is 0.500. The van der Waals surface area contributed by atoms with E-state index in [1.54, 1.807) is 13.3 Å². The summed E-state index contributed by atoms with van der Waals surface area (Å²) in [6, 6.07) is 2.16. The lowest BCUT2D eigenvalue weighted by molar-refractivity contribution is 0.184. The van der Waals surface area contributed by atoms with Crippen LogP contribution >= 0.6 is 27.5 Å². The molecule has 0 saturated heterocycles. The van der Waals surface area contributed by atoms with Gasteiger partial charge in [0, 0.05) is 23.8 Å². The molecule has 3 nitrogen and oxygen atoms in total. The molecule has 0 amide bonds. The number of hydrogen-bond acceptors (Lipinski definition) is 3. The summed E-state index contributed by atoms with van der Waals surface area (Å²) in [5.74, 6) is 0. The first-order valence-corrected chi connectivity index (χ1v) is 5.91. The molecule has 0 aliphatic carbocycles. The molecule has 5 heteroatoms. The smallest absolute Gasteiger partial charge is 0.152 e. The van der Waals surface area contributed by atoms with E-state index in [4.69, 9.17) is 16.3 Å². The minimum absolute atomic E-state index is 0.253. The van der Waals surface area contributed by atoms with E-state index >= 15 is 0 Å². The summed E-state index contributed by atoms with van der Waals surface area (Å²) in [7, 11) is 1.69. The first-order chi connectivity index (χ1) is 7.17. The zero-order valence-electron chi connectivity index (χ0n) is 8.76. The molecule has 0 bridgehead atoms. The van der Waals surface area contributed by atoms with Crippen LogP contribution in [0.3, 0.4) is 0 Å². The van der Waals surface area contributed by atoms with Crippen molar-refractivity contribution < 1.29 is 4.74 Å². The van der Waals surface area contributed by atoms with Gasteiger partial charge >= 0.3 is 0 Å². The van der Waals surface area contributed by atoms with Crippen molar-refractivity contribution in [2.75, 3.05) is 19.0 Å². The number of methoxy groups -OCH3 is 1. The van der Waals surface area contributed by atoms with Gasteiger partial charge in [-0.15, -0.1) is 0 Å². The highest BCUT2D eigenvalue weighted by molar-refractivity contribution is 9.10. The molecular weight excluding hydrogens is 279 g/mol. The van der Waals surface area contributed by atoms with Crippen molar-refractivity contribution in [2.24, 2.45) is 0 Å². The van der Waals surface area contributed by atoms with Crippen LogP contribution in [-0.4, -0.2) is 24.7 Å². The molecule has 0 saturated carbocycles. The van der Waals surface area contributed by atoms with Crippen LogP contribution < -0.4 is 5.32 Å². The van der Waals surface area contributed by atoms with Crippen LogP contribution in [0.25, 0.3) is 0 Å². The van der Waals surface area contributed by atoms with Gasteiger partial charge in [-0.2, -0.15) is 0 Å². The first-order valence-electron chi connectivity index (χ1n) is 4.73. The Morgan fingerprint density at radius 3 is 3.00 bits per heavy atom. The lowest BCUT2D eigenvalue weighted by Gasteiger charge is -2.17. The fourth-order valence-electron chi connectivity index (χ4n) is 1.21. The van der Waals surface area contributed by atoms with E-state index in [1.807, 2.05) is 6.07 Å². The molecule has 0 fully saturated rings. The summed E-state index contributed by atoms with van der Waals surface area (Å²) in [6.45, 7) is 2.75. The van der Waals surface area contributed by atoms with Gasteiger partial charge in [-0.3, -0.25) is 0 Å². The maximum absolute atomic E-state index is 5.96. The number of nitrogens with one attached hydrogen (secondary N) is 1. The Bertz CT molecular complexity index is 322. The lowest BCUT2D eigenvalue weighted by atomic mass is 10.2. The second-order valence-electron chi connectivity index (χ2n) is 3.20. The molecule has 15 heavy (non-hydrogen) atoms. The van der Waals surface area contributed by atoms with Crippen molar-refractivity contribution in [3.05, 3.63) is 21.9 Å². The van der Waals surface area contributed by atoms with E-state index in [-0.39, 0.29) is 6.04 Å². The quantitative estimate of drug-likeness (QED) is 0.846. The number of aromatic nitrogens is 1. The van der Waals surface area contributed by atoms with Gasteiger partial charge in [-0.1, -0.05) is 18.5 Å². The largest absolute Gasteiger partial charge is 0.383 e. The third-order valence-corrected chi connectivity index (χ3v) is 2.76. The Morgan fingerprint density at radius 1 is 1.67 bits per heavy atom. The number of anilines is 1. The topological polar surface area (TPSA) is 34.1 Å². The van der Waals surface area contributed by atoms with Crippen LogP contribution in [0.4, 0.5) is 5.69 Å². The maximum atomic E-state index is 5.96. The molecule has 0 spiro atoms. The van der Waals surface area contributed by atoms with Crippen LogP contribution in [-0.2, 0) is 4.74 Å². The molecule has 1 unspecified atom stereocenters. The van der Waals surface area contributed by atoms with Crippen LogP contribution in [0.5, 0.6) is 0 Å². The Balaban J connectivity index is 2.73. The monoisotopic (exact) mass is 292 g/mol. The van der Waals surface area contributed by atoms with Gasteiger partial charge in [0.2, 0.25) is 0 Å². The van der Waals surface area contributed by atoms with E-state index < -0.39 is 0 Å². The lowest BCUT2D eigenvalue weighted by Crippen LogP contribution is -2.24. The van der Waals surface area contributed by atoms with Gasteiger partial charge < -0.3 is 10.1 Å². The number of hydrogen-bond donors (Lipinski definition) is 1. The molecule has 1 heterocycles. The van der Waals surface area contributed by atoms with Gasteiger partial charge in [0.15, 0.2) is 5.15 Å². The fourth-order valence-corrected chi connectivity index (χ4v) is 1.70. The highest BCUT2D eigenvalue weighted by atomic mass is 79.9. The van der Waals surface area contributed by atoms with Crippen LogP contribution in [0.15, 0.2) is 16.7 Å². The van der Waals surface area contributed by atoms with E-state index in [0.717, 1.165) is 16.6 Å². The van der Waals surface area contributed by atoms with E-state index in [0.29, 0.717) is 11.8 Å². The maximum Gasteiger partial charge on any atom is 0.152 e. The third kappa shape index (κ3) is 3.97. The molecular formula is C10H14BrClN2O. The SMILES string of the molecule is CCC(COC)Nc1cc(Br)cnc1Cl. The molecule has 0 aliphatic heterocycles. The Kier molecular flexibility index (Phi) is 5.36. The average Bonchev–Trinajstić information content (AvgIpc) is 2.22. The van der Waals surface area contributed by atoms with Gasteiger partial charge in [0.05, 0.1) is 12.3 Å². The number of rotatable bonds is 5. The molecule has 1 rings (SSSR count). The average molecular weight is 294 g/mol. The summed E-state index contributed by atoms with van der Waals surface area (Å²) in [5.41, 5.74) is 0.829. The summed E-state index contributed by atoms with van der Waals surface area (Å²) in [5, 5.41) is 3.77. The molecule has 1 N–H and O–H groups in total. The normalized spacial score (nSPS) is 12.5. The van der Waals surface area contributed by atoms with Crippen molar-refractivity contribution in [3.8, 4) is 0 Å². The van der Waals surface area contributed by atoms with Crippen molar-refractivity contribution in [1.82, 2.24) is 4.98 Å². The number of halogens is 2. The van der Waals surface area contributed by atoms with Gasteiger partial charge in [0.25, 0.3) is 0 Å². The van der Waals surface area contributed by atoms with Gasteiger partial charge in [-0.25, -0.2) is 4.98 Å². The molecule has 1 aromatic rings. The second kappa shape index (κ2) is 6.30. The van der Waals surface area contributed by atoms with Gasteiger partial charge in [-0.05, 0) is 28.4 Å². The number of pyridine rings is 1. The third-order valence-electron chi connectivity index (χ3n) is 2.03. The van der Waals surface area contributed by atoms with Crippen LogP contribution in [0.1, 0.15) is 13.3 Å². The zero-order chi connectivity index (χ0) is 11.3. The Labute approximate surface area is 103 Å².